The number of rotatable bonds is 6. The molecule has 0 bridgehead atoms. The van der Waals surface area contributed by atoms with Gasteiger partial charge in [-0.3, -0.25) is 9.97 Å². The zero-order chi connectivity index (χ0) is 29.3. The number of anilines is 3. The molecule has 0 aliphatic carbocycles. The Bertz CT molecular complexity index is 2170. The van der Waals surface area contributed by atoms with Gasteiger partial charge in [0.15, 0.2) is 0 Å². The van der Waals surface area contributed by atoms with Crippen LogP contribution in [-0.4, -0.2) is 14.5 Å². The Labute approximate surface area is 256 Å². The Morgan fingerprint density at radius 3 is 1.55 bits per heavy atom. The molecule has 0 atom stereocenters. The molecule has 6 aromatic carbocycles. The van der Waals surface area contributed by atoms with E-state index in [1.165, 1.54) is 21.8 Å². The predicted octanol–water partition coefficient (Wildman–Crippen LogP) is 10.4. The van der Waals surface area contributed by atoms with E-state index in [9.17, 15) is 0 Å². The fraction of sp³-hybridized carbons (Fsp3) is 0. The lowest BCUT2D eigenvalue weighted by Gasteiger charge is -2.26. The van der Waals surface area contributed by atoms with E-state index in [0.717, 1.165) is 45.3 Å². The first-order chi connectivity index (χ1) is 21.8. The molecule has 2 heterocycles. The third-order valence-electron chi connectivity index (χ3n) is 8.09. The second-order valence-electron chi connectivity index (χ2n) is 10.7. The van der Waals surface area contributed by atoms with Gasteiger partial charge in [-0.25, -0.2) is 0 Å². The van der Waals surface area contributed by atoms with Crippen LogP contribution in [0.2, 0.25) is 0 Å². The lowest BCUT2D eigenvalue weighted by atomic mass is 10.0. The zero-order valence-electron chi connectivity index (χ0n) is 24.0. The SMILES string of the molecule is c1ccc(-c2nccnc2-c2ccc(N(c3ccccc3)c3cccc(-n4c5ccccc5c5ccccc54)c3)cc2)cc1. The summed E-state index contributed by atoms with van der Waals surface area (Å²) in [4.78, 5) is 11.7. The lowest BCUT2D eigenvalue weighted by molar-refractivity contribution is 1.17. The summed E-state index contributed by atoms with van der Waals surface area (Å²) in [7, 11) is 0. The molecule has 0 fully saturated rings. The topological polar surface area (TPSA) is 34.0 Å². The largest absolute Gasteiger partial charge is 0.310 e. The molecule has 0 unspecified atom stereocenters. The first kappa shape index (κ1) is 25.7. The second-order valence-corrected chi connectivity index (χ2v) is 10.7. The van der Waals surface area contributed by atoms with E-state index >= 15 is 0 Å². The minimum atomic E-state index is 0.866. The van der Waals surface area contributed by atoms with Gasteiger partial charge in [-0.15, -0.1) is 0 Å². The number of para-hydroxylation sites is 3. The molecule has 208 valence electrons. The van der Waals surface area contributed by atoms with Crippen LogP contribution in [-0.2, 0) is 0 Å². The summed E-state index contributed by atoms with van der Waals surface area (Å²) >= 11 is 0. The van der Waals surface area contributed by atoms with Gasteiger partial charge < -0.3 is 9.47 Å². The van der Waals surface area contributed by atoms with Crippen molar-refractivity contribution in [1.29, 1.82) is 0 Å². The number of hydrogen-bond donors (Lipinski definition) is 0. The van der Waals surface area contributed by atoms with Gasteiger partial charge in [-0.1, -0.05) is 103 Å². The van der Waals surface area contributed by atoms with Crippen LogP contribution in [0.15, 0.2) is 170 Å². The number of nitrogens with zero attached hydrogens (tertiary/aromatic N) is 4. The third-order valence-corrected chi connectivity index (χ3v) is 8.09. The Morgan fingerprint density at radius 2 is 0.909 bits per heavy atom. The average Bonchev–Trinajstić information content (AvgIpc) is 3.44. The molecule has 2 aromatic heterocycles. The molecule has 4 heteroatoms. The van der Waals surface area contributed by atoms with Crippen LogP contribution in [0.4, 0.5) is 17.1 Å². The molecule has 0 aliphatic heterocycles. The smallest absolute Gasteiger partial charge is 0.0965 e. The summed E-state index contributed by atoms with van der Waals surface area (Å²) in [6, 6.07) is 55.4. The van der Waals surface area contributed by atoms with E-state index in [4.69, 9.17) is 4.98 Å². The quantitative estimate of drug-likeness (QED) is 0.201. The van der Waals surface area contributed by atoms with Crippen LogP contribution >= 0.6 is 0 Å². The van der Waals surface area contributed by atoms with Crippen molar-refractivity contribution in [2.45, 2.75) is 0 Å². The van der Waals surface area contributed by atoms with Gasteiger partial charge in [0.2, 0.25) is 0 Å². The van der Waals surface area contributed by atoms with Gasteiger partial charge in [0.1, 0.15) is 0 Å². The Kier molecular flexibility index (Phi) is 6.43. The molecule has 0 amide bonds. The maximum atomic E-state index is 4.73. The van der Waals surface area contributed by atoms with Crippen molar-refractivity contribution in [2.24, 2.45) is 0 Å². The molecule has 0 aliphatic rings. The maximum absolute atomic E-state index is 4.73. The number of aromatic nitrogens is 3. The zero-order valence-corrected chi connectivity index (χ0v) is 24.0. The van der Waals surface area contributed by atoms with Crippen molar-refractivity contribution in [2.75, 3.05) is 4.90 Å². The van der Waals surface area contributed by atoms with Crippen molar-refractivity contribution >= 4 is 38.9 Å². The summed E-state index contributed by atoms with van der Waals surface area (Å²) in [5, 5.41) is 2.51. The van der Waals surface area contributed by atoms with Crippen LogP contribution in [0.3, 0.4) is 0 Å². The molecular weight excluding hydrogens is 536 g/mol. The van der Waals surface area contributed by atoms with Gasteiger partial charge >= 0.3 is 0 Å². The summed E-state index contributed by atoms with van der Waals surface area (Å²) < 4.78 is 2.36. The van der Waals surface area contributed by atoms with Gasteiger partial charge in [-0.05, 0) is 54.6 Å². The molecule has 4 nitrogen and oxygen atoms in total. The molecule has 0 saturated heterocycles. The fourth-order valence-electron chi connectivity index (χ4n) is 6.12. The van der Waals surface area contributed by atoms with E-state index in [1.807, 2.05) is 18.2 Å². The molecule has 8 aromatic rings. The van der Waals surface area contributed by atoms with Gasteiger partial charge in [0.05, 0.1) is 22.4 Å². The van der Waals surface area contributed by atoms with Gasteiger partial charge in [0.25, 0.3) is 0 Å². The fourth-order valence-corrected chi connectivity index (χ4v) is 6.12. The summed E-state index contributed by atoms with van der Waals surface area (Å²) in [5.41, 5.74) is 10.5. The minimum absolute atomic E-state index is 0.866. The van der Waals surface area contributed by atoms with Crippen molar-refractivity contribution < 1.29 is 0 Å². The molecule has 0 saturated carbocycles. The van der Waals surface area contributed by atoms with Crippen molar-refractivity contribution in [3.8, 4) is 28.2 Å². The number of benzene rings is 6. The maximum Gasteiger partial charge on any atom is 0.0965 e. The highest BCUT2D eigenvalue weighted by Gasteiger charge is 2.17. The third kappa shape index (κ3) is 4.50. The van der Waals surface area contributed by atoms with Gasteiger partial charge in [0, 0.05) is 57.0 Å². The predicted molar refractivity (Wildman–Crippen MR) is 182 cm³/mol. The summed E-state index contributed by atoms with van der Waals surface area (Å²) in [6.07, 6.45) is 3.51. The minimum Gasteiger partial charge on any atom is -0.310 e. The average molecular weight is 565 g/mol. The molecule has 0 spiro atoms. The summed E-state index contributed by atoms with van der Waals surface area (Å²) in [5.74, 6) is 0. The molecule has 8 rings (SSSR count). The van der Waals surface area contributed by atoms with Crippen LogP contribution < -0.4 is 4.90 Å². The highest BCUT2D eigenvalue weighted by molar-refractivity contribution is 6.09. The highest BCUT2D eigenvalue weighted by atomic mass is 15.1. The Balaban J connectivity index is 1.24. The second kappa shape index (κ2) is 11.0. The van der Waals surface area contributed by atoms with Crippen molar-refractivity contribution in [3.05, 3.63) is 170 Å². The highest BCUT2D eigenvalue weighted by Crippen LogP contribution is 2.39. The Morgan fingerprint density at radius 1 is 0.409 bits per heavy atom. The molecular formula is C40H28N4. The van der Waals surface area contributed by atoms with E-state index < -0.39 is 0 Å². The molecule has 0 radical (unpaired) electrons. The van der Waals surface area contributed by atoms with Gasteiger partial charge in [-0.2, -0.15) is 0 Å². The molecule has 0 N–H and O–H groups in total. The van der Waals surface area contributed by atoms with E-state index in [0.29, 0.717) is 0 Å². The molecule has 44 heavy (non-hydrogen) atoms. The van der Waals surface area contributed by atoms with Crippen LogP contribution in [0.1, 0.15) is 0 Å². The van der Waals surface area contributed by atoms with Crippen molar-refractivity contribution in [3.63, 3.8) is 0 Å². The van der Waals surface area contributed by atoms with Crippen LogP contribution in [0.5, 0.6) is 0 Å². The van der Waals surface area contributed by atoms with E-state index in [2.05, 4.69) is 154 Å². The normalized spacial score (nSPS) is 11.2. The van der Waals surface area contributed by atoms with Crippen LogP contribution in [0, 0.1) is 0 Å². The van der Waals surface area contributed by atoms with Crippen molar-refractivity contribution in [1.82, 2.24) is 14.5 Å². The number of hydrogen-bond acceptors (Lipinski definition) is 3. The number of fused-ring (bicyclic) bond motifs is 3. The Hall–Kier alpha value is -6.00. The first-order valence-electron chi connectivity index (χ1n) is 14.8. The first-order valence-corrected chi connectivity index (χ1v) is 14.8. The van der Waals surface area contributed by atoms with E-state index in [-0.39, 0.29) is 0 Å². The monoisotopic (exact) mass is 564 g/mol. The standard InChI is InChI=1S/C40H28N4/c1-3-12-29(13-4-1)39-40(42-27-26-41-39)30-22-24-32(25-23-30)43(31-14-5-2-6-15-31)33-16-11-17-34(28-33)44-37-20-9-7-18-35(37)36-19-8-10-21-38(36)44/h1-28H. The summed E-state index contributed by atoms with van der Waals surface area (Å²) in [6.45, 7) is 0. The van der Waals surface area contributed by atoms with E-state index in [1.54, 1.807) is 12.4 Å². The lowest BCUT2D eigenvalue weighted by Crippen LogP contribution is -2.10. The van der Waals surface area contributed by atoms with Crippen LogP contribution in [0.25, 0.3) is 50.0 Å².